The standard InChI is InChI=1S/C13H14FN3O/c1-2-11-13(18)16-5-6-17(11)12-4-3-9(8-15)7-10(12)14/h3-4,7,11H,2,5-6H2,1H3,(H,16,18). The van der Waals surface area contributed by atoms with Crippen LogP contribution in [-0.4, -0.2) is 25.0 Å². The van der Waals surface area contributed by atoms with E-state index in [1.54, 1.807) is 17.0 Å². The average Bonchev–Trinajstić information content (AvgIpc) is 2.38. The quantitative estimate of drug-likeness (QED) is 0.859. The number of carbonyl (C=O) groups is 1. The topological polar surface area (TPSA) is 56.1 Å². The van der Waals surface area contributed by atoms with Gasteiger partial charge in [-0.2, -0.15) is 5.26 Å². The second-order valence-corrected chi connectivity index (χ2v) is 4.19. The van der Waals surface area contributed by atoms with Crippen LogP contribution in [0.25, 0.3) is 0 Å². The lowest BCUT2D eigenvalue weighted by atomic mass is 10.1. The summed E-state index contributed by atoms with van der Waals surface area (Å²) in [7, 11) is 0. The van der Waals surface area contributed by atoms with Crippen LogP contribution in [0.4, 0.5) is 10.1 Å². The number of nitrogens with zero attached hydrogens (tertiary/aromatic N) is 2. The summed E-state index contributed by atoms with van der Waals surface area (Å²) in [4.78, 5) is 13.5. The summed E-state index contributed by atoms with van der Waals surface area (Å²) in [5.74, 6) is -0.533. The van der Waals surface area contributed by atoms with Gasteiger partial charge in [0, 0.05) is 13.1 Å². The van der Waals surface area contributed by atoms with Crippen LogP contribution in [0.3, 0.4) is 0 Å². The molecule has 0 saturated carbocycles. The molecule has 0 radical (unpaired) electrons. The fourth-order valence-electron chi connectivity index (χ4n) is 2.22. The van der Waals surface area contributed by atoms with Gasteiger partial charge in [0.2, 0.25) is 5.91 Å². The van der Waals surface area contributed by atoms with E-state index < -0.39 is 5.82 Å². The number of rotatable bonds is 2. The minimum absolute atomic E-state index is 0.0764. The second-order valence-electron chi connectivity index (χ2n) is 4.19. The fraction of sp³-hybridized carbons (Fsp3) is 0.385. The number of benzene rings is 1. The predicted molar refractivity (Wildman–Crippen MR) is 65.5 cm³/mol. The summed E-state index contributed by atoms with van der Waals surface area (Å²) in [6.07, 6.45) is 0.616. The van der Waals surface area contributed by atoms with Crippen LogP contribution in [0.1, 0.15) is 18.9 Å². The van der Waals surface area contributed by atoms with Gasteiger partial charge in [-0.05, 0) is 24.6 Å². The number of amides is 1. The van der Waals surface area contributed by atoms with Gasteiger partial charge < -0.3 is 10.2 Å². The maximum Gasteiger partial charge on any atom is 0.242 e. The molecule has 4 nitrogen and oxygen atoms in total. The summed E-state index contributed by atoms with van der Waals surface area (Å²) in [5, 5.41) is 11.5. The highest BCUT2D eigenvalue weighted by Gasteiger charge is 2.29. The fourth-order valence-corrected chi connectivity index (χ4v) is 2.22. The van der Waals surface area contributed by atoms with Crippen molar-refractivity contribution in [2.24, 2.45) is 0 Å². The Morgan fingerprint density at radius 3 is 3.00 bits per heavy atom. The first kappa shape index (κ1) is 12.4. The first-order chi connectivity index (χ1) is 8.67. The molecule has 0 bridgehead atoms. The van der Waals surface area contributed by atoms with Crippen LogP contribution in [-0.2, 0) is 4.79 Å². The largest absolute Gasteiger partial charge is 0.355 e. The molecule has 0 aliphatic carbocycles. The lowest BCUT2D eigenvalue weighted by molar-refractivity contribution is -0.123. The molecule has 0 spiro atoms. The van der Waals surface area contributed by atoms with E-state index in [0.717, 1.165) is 0 Å². The first-order valence-corrected chi connectivity index (χ1v) is 5.91. The summed E-state index contributed by atoms with van der Waals surface area (Å²) in [6.45, 7) is 2.98. The molecular formula is C13H14FN3O. The summed E-state index contributed by atoms with van der Waals surface area (Å²) < 4.78 is 13.9. The van der Waals surface area contributed by atoms with Crippen LogP contribution < -0.4 is 10.2 Å². The highest BCUT2D eigenvalue weighted by Crippen LogP contribution is 2.24. The van der Waals surface area contributed by atoms with Crippen LogP contribution in [0, 0.1) is 17.1 Å². The number of carbonyl (C=O) groups excluding carboxylic acids is 1. The molecule has 94 valence electrons. The lowest BCUT2D eigenvalue weighted by Gasteiger charge is -2.36. The second kappa shape index (κ2) is 5.05. The zero-order valence-corrected chi connectivity index (χ0v) is 10.1. The number of hydrogen-bond acceptors (Lipinski definition) is 3. The molecule has 1 aliphatic heterocycles. The van der Waals surface area contributed by atoms with Gasteiger partial charge in [0.05, 0.1) is 17.3 Å². The van der Waals surface area contributed by atoms with Crippen molar-refractivity contribution >= 4 is 11.6 Å². The van der Waals surface area contributed by atoms with E-state index in [0.29, 0.717) is 25.2 Å². The van der Waals surface area contributed by atoms with Crippen LogP contribution in [0.5, 0.6) is 0 Å². The molecule has 2 rings (SSSR count). The van der Waals surface area contributed by atoms with E-state index in [1.807, 2.05) is 13.0 Å². The molecule has 1 N–H and O–H groups in total. The van der Waals surface area contributed by atoms with Gasteiger partial charge in [0.25, 0.3) is 0 Å². The molecular weight excluding hydrogens is 233 g/mol. The third-order valence-electron chi connectivity index (χ3n) is 3.10. The van der Waals surface area contributed by atoms with Gasteiger partial charge >= 0.3 is 0 Å². The lowest BCUT2D eigenvalue weighted by Crippen LogP contribution is -2.55. The Balaban J connectivity index is 2.35. The monoisotopic (exact) mass is 247 g/mol. The normalized spacial score (nSPS) is 19.3. The van der Waals surface area contributed by atoms with Crippen molar-refractivity contribution in [2.75, 3.05) is 18.0 Å². The Labute approximate surface area is 105 Å². The highest BCUT2D eigenvalue weighted by molar-refractivity contribution is 5.86. The van der Waals surface area contributed by atoms with E-state index >= 15 is 0 Å². The Hall–Kier alpha value is -2.09. The summed E-state index contributed by atoms with van der Waals surface area (Å²) in [6, 6.07) is 5.88. The zero-order valence-electron chi connectivity index (χ0n) is 10.1. The van der Waals surface area contributed by atoms with Crippen molar-refractivity contribution in [1.29, 1.82) is 5.26 Å². The maximum atomic E-state index is 13.9. The van der Waals surface area contributed by atoms with Gasteiger partial charge in [-0.25, -0.2) is 4.39 Å². The van der Waals surface area contributed by atoms with E-state index in [-0.39, 0.29) is 17.5 Å². The SMILES string of the molecule is CCC1C(=O)NCCN1c1ccc(C#N)cc1F. The highest BCUT2D eigenvalue weighted by atomic mass is 19.1. The number of nitriles is 1. The molecule has 1 fully saturated rings. The Morgan fingerprint density at radius 1 is 1.61 bits per heavy atom. The van der Waals surface area contributed by atoms with Crippen molar-refractivity contribution in [3.63, 3.8) is 0 Å². The first-order valence-electron chi connectivity index (χ1n) is 5.91. The van der Waals surface area contributed by atoms with Crippen molar-refractivity contribution in [3.05, 3.63) is 29.6 Å². The molecule has 1 aromatic rings. The van der Waals surface area contributed by atoms with Crippen LogP contribution in [0.15, 0.2) is 18.2 Å². The Bertz CT molecular complexity index is 509. The number of anilines is 1. The number of nitrogens with one attached hydrogen (secondary N) is 1. The molecule has 1 aromatic carbocycles. The Morgan fingerprint density at radius 2 is 2.39 bits per heavy atom. The van der Waals surface area contributed by atoms with Crippen LogP contribution >= 0.6 is 0 Å². The van der Waals surface area contributed by atoms with E-state index in [2.05, 4.69) is 5.32 Å². The zero-order chi connectivity index (χ0) is 13.1. The summed E-state index contributed by atoms with van der Waals surface area (Å²) >= 11 is 0. The number of piperazine rings is 1. The molecule has 0 aromatic heterocycles. The van der Waals surface area contributed by atoms with E-state index in [9.17, 15) is 9.18 Å². The van der Waals surface area contributed by atoms with Crippen molar-refractivity contribution in [2.45, 2.75) is 19.4 Å². The predicted octanol–water partition coefficient (Wildman–Crippen LogP) is 1.41. The van der Waals surface area contributed by atoms with Gasteiger partial charge in [-0.1, -0.05) is 6.92 Å². The Kier molecular flexibility index (Phi) is 3.47. The van der Waals surface area contributed by atoms with Crippen molar-refractivity contribution < 1.29 is 9.18 Å². The minimum Gasteiger partial charge on any atom is -0.355 e. The molecule has 1 atom stereocenters. The molecule has 18 heavy (non-hydrogen) atoms. The molecule has 1 saturated heterocycles. The minimum atomic E-state index is -0.456. The third-order valence-corrected chi connectivity index (χ3v) is 3.10. The average molecular weight is 247 g/mol. The molecule has 1 amide bonds. The summed E-state index contributed by atoms with van der Waals surface area (Å²) in [5.41, 5.74) is 0.668. The van der Waals surface area contributed by atoms with Crippen molar-refractivity contribution in [3.8, 4) is 6.07 Å². The molecule has 1 unspecified atom stereocenters. The van der Waals surface area contributed by atoms with Gasteiger partial charge in [0.15, 0.2) is 0 Å². The van der Waals surface area contributed by atoms with E-state index in [1.165, 1.54) is 6.07 Å². The maximum absolute atomic E-state index is 13.9. The molecule has 1 heterocycles. The van der Waals surface area contributed by atoms with Crippen LogP contribution in [0.2, 0.25) is 0 Å². The van der Waals surface area contributed by atoms with E-state index in [4.69, 9.17) is 5.26 Å². The third kappa shape index (κ3) is 2.14. The van der Waals surface area contributed by atoms with Crippen molar-refractivity contribution in [1.82, 2.24) is 5.32 Å². The smallest absolute Gasteiger partial charge is 0.242 e. The van der Waals surface area contributed by atoms with Gasteiger partial charge in [-0.15, -0.1) is 0 Å². The number of halogens is 1. The van der Waals surface area contributed by atoms with Gasteiger partial charge in [0.1, 0.15) is 11.9 Å². The molecule has 1 aliphatic rings. The number of hydrogen-bond donors (Lipinski definition) is 1. The molecule has 5 heteroatoms. The van der Waals surface area contributed by atoms with Gasteiger partial charge in [-0.3, -0.25) is 4.79 Å².